The van der Waals surface area contributed by atoms with Crippen LogP contribution in [0.5, 0.6) is 5.88 Å². The van der Waals surface area contributed by atoms with E-state index in [0.29, 0.717) is 31.6 Å². The zero-order chi connectivity index (χ0) is 26.9. The molecule has 3 heterocycles. The second kappa shape index (κ2) is 11.1. The molecule has 0 radical (unpaired) electrons. The van der Waals surface area contributed by atoms with Gasteiger partial charge in [0, 0.05) is 60.8 Å². The van der Waals surface area contributed by atoms with Crippen LogP contribution in [0.25, 0.3) is 10.8 Å². The molecule has 202 valence electrons. The van der Waals surface area contributed by atoms with Crippen molar-refractivity contribution in [1.82, 2.24) is 9.88 Å². The van der Waals surface area contributed by atoms with Gasteiger partial charge >= 0.3 is 0 Å². The molecule has 2 aliphatic rings. The van der Waals surface area contributed by atoms with Gasteiger partial charge < -0.3 is 19.4 Å². The van der Waals surface area contributed by atoms with Crippen LogP contribution in [0.1, 0.15) is 24.0 Å². The smallest absolute Gasteiger partial charge is 0.215 e. The lowest BCUT2D eigenvalue weighted by atomic mass is 9.98. The lowest BCUT2D eigenvalue weighted by molar-refractivity contribution is 0.193. The average molecular weight is 555 g/mol. The highest BCUT2D eigenvalue weighted by molar-refractivity contribution is 7.94. The number of halogens is 1. The normalized spacial score (nSPS) is 18.0. The van der Waals surface area contributed by atoms with E-state index in [1.165, 1.54) is 6.42 Å². The van der Waals surface area contributed by atoms with E-state index in [1.807, 2.05) is 24.1 Å². The summed E-state index contributed by atoms with van der Waals surface area (Å²) in [6.07, 6.45) is 3.07. The van der Waals surface area contributed by atoms with Gasteiger partial charge in [0.15, 0.2) is 9.84 Å². The molecule has 0 N–H and O–H groups in total. The Bertz CT molecular complexity index is 1440. The molecule has 0 unspecified atom stereocenters. The Balaban J connectivity index is 1.47. The highest BCUT2D eigenvalue weighted by atomic mass is 35.5. The van der Waals surface area contributed by atoms with Crippen LogP contribution in [-0.4, -0.2) is 70.4 Å². The number of fused-ring (bicyclic) bond motifs is 2. The van der Waals surface area contributed by atoms with Gasteiger partial charge in [-0.3, -0.25) is 0 Å². The van der Waals surface area contributed by atoms with Gasteiger partial charge in [0.2, 0.25) is 5.88 Å². The molecular weight excluding hydrogens is 520 g/mol. The van der Waals surface area contributed by atoms with E-state index in [-0.39, 0.29) is 5.75 Å². The van der Waals surface area contributed by atoms with Gasteiger partial charge in [-0.05, 0) is 55.9 Å². The fourth-order valence-corrected chi connectivity index (χ4v) is 6.46. The summed E-state index contributed by atoms with van der Waals surface area (Å²) in [5.74, 6) is 1.35. The summed E-state index contributed by atoms with van der Waals surface area (Å²) in [6.45, 7) is 6.92. The van der Waals surface area contributed by atoms with E-state index < -0.39 is 9.84 Å². The number of nitrogens with zero attached hydrogens (tertiary/aromatic N) is 4. The van der Waals surface area contributed by atoms with Gasteiger partial charge in [0.05, 0.1) is 10.8 Å². The number of anilines is 2. The Morgan fingerprint density at radius 1 is 1.24 bits per heavy atom. The molecule has 1 fully saturated rings. The van der Waals surface area contributed by atoms with Crippen molar-refractivity contribution in [3.05, 3.63) is 70.6 Å². The van der Waals surface area contributed by atoms with Crippen LogP contribution < -0.4 is 14.5 Å². The molecule has 0 bridgehead atoms. The second-order valence-electron chi connectivity index (χ2n) is 10.3. The van der Waals surface area contributed by atoms with E-state index in [9.17, 15) is 8.42 Å². The van der Waals surface area contributed by atoms with Crippen LogP contribution in [0.3, 0.4) is 0 Å². The molecule has 0 amide bonds. The number of likely N-dealkylation sites (tertiary alicyclic amines) is 1. The van der Waals surface area contributed by atoms with Crippen LogP contribution in [0.15, 0.2) is 54.5 Å². The zero-order valence-electron chi connectivity index (χ0n) is 22.1. The monoisotopic (exact) mass is 554 g/mol. The summed E-state index contributed by atoms with van der Waals surface area (Å²) in [6, 6.07) is 14.7. The number of hydrogen-bond donors (Lipinski definition) is 0. The maximum Gasteiger partial charge on any atom is 0.215 e. The van der Waals surface area contributed by atoms with Gasteiger partial charge in [0.1, 0.15) is 12.4 Å². The highest BCUT2D eigenvalue weighted by Gasteiger charge is 2.26. The van der Waals surface area contributed by atoms with Crippen molar-refractivity contribution in [3.63, 3.8) is 0 Å². The Hall–Kier alpha value is -2.81. The first-order chi connectivity index (χ1) is 18.3. The number of hydrogen-bond acceptors (Lipinski definition) is 7. The van der Waals surface area contributed by atoms with Gasteiger partial charge in [-0.25, -0.2) is 8.42 Å². The summed E-state index contributed by atoms with van der Waals surface area (Å²) in [5.41, 5.74) is 3.38. The van der Waals surface area contributed by atoms with Crippen LogP contribution in [0.4, 0.5) is 11.5 Å². The first-order valence-electron chi connectivity index (χ1n) is 13.1. The molecule has 2 aliphatic heterocycles. The largest absolute Gasteiger partial charge is 0.476 e. The van der Waals surface area contributed by atoms with Gasteiger partial charge in [-0.1, -0.05) is 42.4 Å². The third-order valence-electron chi connectivity index (χ3n) is 7.76. The summed E-state index contributed by atoms with van der Waals surface area (Å²) in [5, 5.41) is 3.94. The maximum absolute atomic E-state index is 12.1. The number of rotatable bonds is 9. The van der Waals surface area contributed by atoms with Gasteiger partial charge in [0.25, 0.3) is 0 Å². The first kappa shape index (κ1) is 26.8. The van der Waals surface area contributed by atoms with Crippen molar-refractivity contribution in [1.29, 1.82) is 0 Å². The number of benzene rings is 2. The van der Waals surface area contributed by atoms with E-state index in [1.54, 1.807) is 0 Å². The van der Waals surface area contributed by atoms with Gasteiger partial charge in [-0.15, -0.1) is 0 Å². The van der Waals surface area contributed by atoms with Crippen molar-refractivity contribution in [2.45, 2.75) is 31.8 Å². The van der Waals surface area contributed by atoms with Crippen molar-refractivity contribution in [2.24, 2.45) is 0 Å². The quantitative estimate of drug-likeness (QED) is 0.372. The second-order valence-corrected chi connectivity index (χ2v) is 12.7. The van der Waals surface area contributed by atoms with Crippen molar-refractivity contribution in [2.75, 3.05) is 55.9 Å². The lowest BCUT2D eigenvalue weighted by Gasteiger charge is -2.34. The average Bonchev–Trinajstić information content (AvgIpc) is 3.34. The number of aromatic nitrogens is 1. The predicted molar refractivity (Wildman–Crippen MR) is 156 cm³/mol. The number of sulfone groups is 1. The molecule has 1 atom stereocenters. The molecule has 0 saturated carbocycles. The summed E-state index contributed by atoms with van der Waals surface area (Å²) in [7, 11) is 0.714. The third kappa shape index (κ3) is 5.63. The molecule has 0 aliphatic carbocycles. The van der Waals surface area contributed by atoms with Crippen LogP contribution >= 0.6 is 11.6 Å². The number of likely N-dealkylation sites (N-methyl/N-ethyl adjacent to an activating group) is 1. The Labute approximate surface area is 230 Å². The fraction of sp³-hybridized carbons (Fsp3) is 0.414. The van der Waals surface area contributed by atoms with E-state index in [4.69, 9.17) is 21.3 Å². The van der Waals surface area contributed by atoms with E-state index >= 15 is 0 Å². The summed E-state index contributed by atoms with van der Waals surface area (Å²) < 4.78 is 30.4. The van der Waals surface area contributed by atoms with Crippen molar-refractivity contribution < 1.29 is 13.2 Å². The first-order valence-corrected chi connectivity index (χ1v) is 15.2. The van der Waals surface area contributed by atoms with E-state index in [0.717, 1.165) is 69.8 Å². The summed E-state index contributed by atoms with van der Waals surface area (Å²) in [4.78, 5) is 11.5. The molecule has 1 saturated heterocycles. The Kier molecular flexibility index (Phi) is 7.84. The fourth-order valence-electron chi connectivity index (χ4n) is 5.49. The minimum Gasteiger partial charge on any atom is -0.476 e. The molecule has 5 rings (SSSR count). The minimum absolute atomic E-state index is 0.0119. The van der Waals surface area contributed by atoms with Crippen molar-refractivity contribution in [3.8, 4) is 5.88 Å². The van der Waals surface area contributed by atoms with Crippen LogP contribution in [0, 0.1) is 0 Å². The van der Waals surface area contributed by atoms with E-state index in [2.05, 4.69) is 53.8 Å². The molecule has 38 heavy (non-hydrogen) atoms. The lowest BCUT2D eigenvalue weighted by Crippen LogP contribution is -2.34. The molecule has 1 aromatic heterocycles. The molecular formula is C29H35ClN4O3S. The third-order valence-corrected chi connectivity index (χ3v) is 9.33. The molecule has 7 nitrogen and oxygen atoms in total. The highest BCUT2D eigenvalue weighted by Crippen LogP contribution is 2.37. The number of ether oxygens (including phenoxy) is 1. The zero-order valence-corrected chi connectivity index (χ0v) is 23.6. The van der Waals surface area contributed by atoms with Gasteiger partial charge in [-0.2, -0.15) is 4.98 Å². The molecule has 0 spiro atoms. The minimum atomic E-state index is -3.31. The van der Waals surface area contributed by atoms with Crippen LogP contribution in [0.2, 0.25) is 5.02 Å². The number of pyridine rings is 1. The van der Waals surface area contributed by atoms with Crippen LogP contribution in [-0.2, 0) is 22.8 Å². The molecule has 9 heteroatoms. The molecule has 2 aromatic carbocycles. The SMILES string of the molecule is C=CS(=O)(=O)CCN(C)c1nc(OC[C@@H]2CCCN2C)cc2c1CCN(c1cccc3cccc(Cl)c13)C2. The standard InChI is InChI=1S/C29H35ClN4O3S/c1-4-38(35,36)17-16-33(3)29-24-13-15-34(26-12-6-9-21-8-5-11-25(30)28(21)26)19-22(24)18-27(31-29)37-20-23-10-7-14-32(23)2/h4-6,8-9,11-12,18,23H,1,7,10,13-17,19-20H2,2-3H3/t23-/m0/s1. The maximum atomic E-state index is 12.1. The summed E-state index contributed by atoms with van der Waals surface area (Å²) >= 11 is 6.65. The van der Waals surface area contributed by atoms with Crippen molar-refractivity contribution >= 4 is 43.7 Å². The Morgan fingerprint density at radius 2 is 2.03 bits per heavy atom. The Morgan fingerprint density at radius 3 is 2.76 bits per heavy atom. The predicted octanol–water partition coefficient (Wildman–Crippen LogP) is 4.92. The topological polar surface area (TPSA) is 66.0 Å². The molecule has 3 aromatic rings.